The maximum Gasteiger partial charge on any atom is 0.259 e. The number of hydrogen-bond donors (Lipinski definition) is 2. The maximum absolute atomic E-state index is 11.7. The molecule has 22 heavy (non-hydrogen) atoms. The van der Waals surface area contributed by atoms with E-state index in [0.29, 0.717) is 5.02 Å². The SMILES string of the molecule is COc1ccc(C=NNC(=O)CNc2cccc(Cl)c2)cc1. The summed E-state index contributed by atoms with van der Waals surface area (Å²) in [6.45, 7) is 0.111. The van der Waals surface area contributed by atoms with Crippen LogP contribution in [0.1, 0.15) is 5.56 Å². The Morgan fingerprint density at radius 2 is 2.05 bits per heavy atom. The van der Waals surface area contributed by atoms with Crippen molar-refractivity contribution >= 4 is 29.4 Å². The minimum Gasteiger partial charge on any atom is -0.497 e. The lowest BCUT2D eigenvalue weighted by Crippen LogP contribution is -2.25. The number of nitrogens with zero attached hydrogens (tertiary/aromatic N) is 1. The first kappa shape index (κ1) is 15.9. The van der Waals surface area contributed by atoms with Gasteiger partial charge in [0.25, 0.3) is 5.91 Å². The fourth-order valence-electron chi connectivity index (χ4n) is 1.69. The Bertz CT molecular complexity index is 657. The normalized spacial score (nSPS) is 10.5. The highest BCUT2D eigenvalue weighted by Gasteiger charge is 1.99. The van der Waals surface area contributed by atoms with Gasteiger partial charge in [-0.15, -0.1) is 0 Å². The van der Waals surface area contributed by atoms with Crippen molar-refractivity contribution < 1.29 is 9.53 Å². The van der Waals surface area contributed by atoms with Gasteiger partial charge < -0.3 is 10.1 Å². The average Bonchev–Trinajstić information content (AvgIpc) is 2.54. The van der Waals surface area contributed by atoms with E-state index in [1.165, 1.54) is 0 Å². The summed E-state index contributed by atoms with van der Waals surface area (Å²) in [6.07, 6.45) is 1.57. The number of ether oxygens (including phenoxy) is 1. The number of halogens is 1. The van der Waals surface area contributed by atoms with Crippen LogP contribution in [0.3, 0.4) is 0 Å². The molecule has 0 saturated heterocycles. The van der Waals surface area contributed by atoms with Crippen LogP contribution in [0.5, 0.6) is 5.75 Å². The molecule has 2 N–H and O–H groups in total. The second-order valence-electron chi connectivity index (χ2n) is 4.43. The molecule has 0 radical (unpaired) electrons. The Morgan fingerprint density at radius 3 is 2.73 bits per heavy atom. The summed E-state index contributed by atoms with van der Waals surface area (Å²) in [4.78, 5) is 11.7. The molecule has 0 bridgehead atoms. The Kier molecular flexibility index (Phi) is 5.80. The number of benzene rings is 2. The Morgan fingerprint density at radius 1 is 1.27 bits per heavy atom. The number of anilines is 1. The van der Waals surface area contributed by atoms with Gasteiger partial charge in [0.2, 0.25) is 0 Å². The van der Waals surface area contributed by atoms with Crippen molar-refractivity contribution in [3.63, 3.8) is 0 Å². The van der Waals surface area contributed by atoms with Crippen LogP contribution < -0.4 is 15.5 Å². The smallest absolute Gasteiger partial charge is 0.259 e. The number of rotatable bonds is 6. The molecule has 6 heteroatoms. The number of amides is 1. The molecule has 5 nitrogen and oxygen atoms in total. The largest absolute Gasteiger partial charge is 0.497 e. The van der Waals surface area contributed by atoms with Crippen molar-refractivity contribution in [3.8, 4) is 5.75 Å². The van der Waals surface area contributed by atoms with Crippen molar-refractivity contribution in [2.24, 2.45) is 5.10 Å². The van der Waals surface area contributed by atoms with E-state index in [9.17, 15) is 4.79 Å². The molecule has 0 atom stereocenters. The fraction of sp³-hybridized carbons (Fsp3) is 0.125. The number of methoxy groups -OCH3 is 1. The lowest BCUT2D eigenvalue weighted by atomic mass is 10.2. The molecular weight excluding hydrogens is 302 g/mol. The summed E-state index contributed by atoms with van der Waals surface area (Å²) >= 11 is 5.86. The number of hydrazone groups is 1. The first-order chi connectivity index (χ1) is 10.7. The van der Waals surface area contributed by atoms with Crippen LogP contribution >= 0.6 is 11.6 Å². The maximum atomic E-state index is 11.7. The van der Waals surface area contributed by atoms with Crippen molar-refractivity contribution in [1.82, 2.24) is 5.43 Å². The quantitative estimate of drug-likeness (QED) is 0.636. The van der Waals surface area contributed by atoms with Gasteiger partial charge in [-0.3, -0.25) is 4.79 Å². The van der Waals surface area contributed by atoms with Crippen LogP contribution in [0.2, 0.25) is 5.02 Å². The summed E-state index contributed by atoms with van der Waals surface area (Å²) in [5.74, 6) is 0.525. The topological polar surface area (TPSA) is 62.7 Å². The predicted octanol–water partition coefficient (Wildman–Crippen LogP) is 2.91. The number of hydrogen-bond acceptors (Lipinski definition) is 4. The second kappa shape index (κ2) is 8.05. The van der Waals surface area contributed by atoms with Gasteiger partial charge in [0, 0.05) is 10.7 Å². The highest BCUT2D eigenvalue weighted by atomic mass is 35.5. The molecular formula is C16H16ClN3O2. The first-order valence-corrected chi connectivity index (χ1v) is 7.00. The second-order valence-corrected chi connectivity index (χ2v) is 4.87. The van der Waals surface area contributed by atoms with Gasteiger partial charge in [0.1, 0.15) is 5.75 Å². The predicted molar refractivity (Wildman–Crippen MR) is 88.7 cm³/mol. The zero-order valence-corrected chi connectivity index (χ0v) is 12.8. The molecule has 114 valence electrons. The average molecular weight is 318 g/mol. The van der Waals surface area contributed by atoms with Gasteiger partial charge in [0.15, 0.2) is 0 Å². The van der Waals surface area contributed by atoms with E-state index < -0.39 is 0 Å². The zero-order valence-electron chi connectivity index (χ0n) is 12.0. The summed E-state index contributed by atoms with van der Waals surface area (Å²) in [5.41, 5.74) is 4.09. The van der Waals surface area contributed by atoms with E-state index in [-0.39, 0.29) is 12.5 Å². The summed E-state index contributed by atoms with van der Waals surface area (Å²) < 4.78 is 5.06. The van der Waals surface area contributed by atoms with Gasteiger partial charge in [-0.2, -0.15) is 5.10 Å². The third kappa shape index (κ3) is 5.10. The molecule has 0 heterocycles. The van der Waals surface area contributed by atoms with Crippen LogP contribution in [-0.2, 0) is 4.79 Å². The molecule has 0 aliphatic heterocycles. The van der Waals surface area contributed by atoms with Gasteiger partial charge in [-0.25, -0.2) is 5.43 Å². The lowest BCUT2D eigenvalue weighted by molar-refractivity contribution is -0.119. The fourth-order valence-corrected chi connectivity index (χ4v) is 1.88. The summed E-state index contributed by atoms with van der Waals surface area (Å²) in [6, 6.07) is 14.5. The number of nitrogens with one attached hydrogen (secondary N) is 2. The van der Waals surface area contributed by atoms with Crippen molar-refractivity contribution in [2.45, 2.75) is 0 Å². The molecule has 0 aliphatic carbocycles. The molecule has 0 unspecified atom stereocenters. The molecule has 0 saturated carbocycles. The van der Waals surface area contributed by atoms with Crippen molar-refractivity contribution in [2.75, 3.05) is 19.0 Å². The molecule has 2 aromatic carbocycles. The minimum atomic E-state index is -0.246. The molecule has 0 aromatic heterocycles. The third-order valence-corrected chi connectivity index (χ3v) is 3.03. The monoisotopic (exact) mass is 317 g/mol. The summed E-state index contributed by atoms with van der Waals surface area (Å²) in [7, 11) is 1.61. The van der Waals surface area contributed by atoms with Gasteiger partial charge in [-0.1, -0.05) is 17.7 Å². The zero-order chi connectivity index (χ0) is 15.8. The number of carbonyl (C=O) groups excluding carboxylic acids is 1. The highest BCUT2D eigenvalue weighted by molar-refractivity contribution is 6.30. The molecule has 0 fully saturated rings. The van der Waals surface area contributed by atoms with Crippen LogP contribution in [0.4, 0.5) is 5.69 Å². The first-order valence-electron chi connectivity index (χ1n) is 6.63. The Balaban J connectivity index is 1.78. The highest BCUT2D eigenvalue weighted by Crippen LogP contribution is 2.14. The van der Waals surface area contributed by atoms with E-state index in [2.05, 4.69) is 15.8 Å². The lowest BCUT2D eigenvalue weighted by Gasteiger charge is -2.05. The van der Waals surface area contributed by atoms with Crippen molar-refractivity contribution in [1.29, 1.82) is 0 Å². The minimum absolute atomic E-state index is 0.111. The van der Waals surface area contributed by atoms with Crippen molar-refractivity contribution in [3.05, 3.63) is 59.1 Å². The standard InChI is InChI=1S/C16H16ClN3O2/c1-22-15-7-5-12(6-8-15)10-19-20-16(21)11-18-14-4-2-3-13(17)9-14/h2-10,18H,11H2,1H3,(H,20,21). The Hall–Kier alpha value is -2.53. The molecule has 0 spiro atoms. The summed E-state index contributed by atoms with van der Waals surface area (Å²) in [5, 5.41) is 7.47. The molecule has 2 aromatic rings. The van der Waals surface area contributed by atoms with Crippen LogP contribution in [0.15, 0.2) is 53.6 Å². The van der Waals surface area contributed by atoms with Gasteiger partial charge in [-0.05, 0) is 48.0 Å². The molecule has 1 amide bonds. The van der Waals surface area contributed by atoms with Crippen LogP contribution in [-0.4, -0.2) is 25.8 Å². The number of carbonyl (C=O) groups is 1. The van der Waals surface area contributed by atoms with E-state index in [0.717, 1.165) is 17.0 Å². The van der Waals surface area contributed by atoms with Crippen LogP contribution in [0.25, 0.3) is 0 Å². The van der Waals surface area contributed by atoms with E-state index in [1.54, 1.807) is 25.5 Å². The molecule has 0 aliphatic rings. The van der Waals surface area contributed by atoms with Crippen LogP contribution in [0, 0.1) is 0 Å². The molecule has 2 rings (SSSR count). The third-order valence-electron chi connectivity index (χ3n) is 2.80. The van der Waals surface area contributed by atoms with E-state index in [4.69, 9.17) is 16.3 Å². The van der Waals surface area contributed by atoms with Gasteiger partial charge >= 0.3 is 0 Å². The van der Waals surface area contributed by atoms with E-state index >= 15 is 0 Å². The van der Waals surface area contributed by atoms with Gasteiger partial charge in [0.05, 0.1) is 19.9 Å². The van der Waals surface area contributed by atoms with E-state index in [1.807, 2.05) is 36.4 Å². The Labute approximate surface area is 133 Å².